The van der Waals surface area contributed by atoms with Crippen LogP contribution in [0.4, 0.5) is 0 Å². The van der Waals surface area contributed by atoms with Gasteiger partial charge in [-0.15, -0.1) is 0 Å². The molecule has 3 heterocycles. The van der Waals surface area contributed by atoms with Gasteiger partial charge in [0.15, 0.2) is 0 Å². The van der Waals surface area contributed by atoms with Gasteiger partial charge in [-0.1, -0.05) is 30.3 Å². The van der Waals surface area contributed by atoms with E-state index in [0.29, 0.717) is 23.8 Å². The molecule has 0 saturated carbocycles. The van der Waals surface area contributed by atoms with Gasteiger partial charge in [-0.05, 0) is 43.7 Å². The molecule has 0 bridgehead atoms. The van der Waals surface area contributed by atoms with Crippen LogP contribution in [-0.4, -0.2) is 86.2 Å². The smallest absolute Gasteiger partial charge is 0.222 e. The van der Waals surface area contributed by atoms with Crippen LogP contribution >= 0.6 is 0 Å². The number of amides is 1. The number of morpholine rings is 1. The summed E-state index contributed by atoms with van der Waals surface area (Å²) < 4.78 is 5.49. The third-order valence-corrected chi connectivity index (χ3v) is 7.10. The second kappa shape index (κ2) is 8.93. The Hall–Kier alpha value is -1.43. The quantitative estimate of drug-likeness (QED) is 0.779. The first kappa shape index (κ1) is 19.9. The highest BCUT2D eigenvalue weighted by Crippen LogP contribution is 2.43. The molecule has 3 aliphatic rings. The summed E-state index contributed by atoms with van der Waals surface area (Å²) >= 11 is 0. The standard InChI is InChI=1S/C23H35N3O2/c1-24-19-23(17-21(24)18-25-13-15-28-16-14-25)9-11-26(12-10-23)22(27)8-7-20-5-3-2-4-6-20/h2-6,21H,7-19H2,1H3. The van der Waals surface area contributed by atoms with Crippen molar-refractivity contribution in [2.24, 2.45) is 5.41 Å². The minimum absolute atomic E-state index is 0.329. The molecule has 3 aliphatic heterocycles. The van der Waals surface area contributed by atoms with Crippen molar-refractivity contribution in [2.75, 3.05) is 59.5 Å². The SMILES string of the molecule is CN1CC2(CCN(C(=O)CCc3ccccc3)CC2)CC1CN1CCOCC1. The Morgan fingerprint density at radius 3 is 2.54 bits per heavy atom. The summed E-state index contributed by atoms with van der Waals surface area (Å²) in [6, 6.07) is 11.0. The average Bonchev–Trinajstić information content (AvgIpc) is 3.02. The van der Waals surface area contributed by atoms with E-state index in [1.54, 1.807) is 0 Å². The lowest BCUT2D eigenvalue weighted by atomic mass is 9.76. The summed E-state index contributed by atoms with van der Waals surface area (Å²) in [5, 5.41) is 0. The van der Waals surface area contributed by atoms with E-state index in [1.807, 2.05) is 18.2 Å². The predicted molar refractivity (Wildman–Crippen MR) is 111 cm³/mol. The van der Waals surface area contributed by atoms with Crippen LogP contribution in [0.3, 0.4) is 0 Å². The summed E-state index contributed by atoms with van der Waals surface area (Å²) in [5.41, 5.74) is 1.68. The van der Waals surface area contributed by atoms with Crippen LogP contribution in [0.2, 0.25) is 0 Å². The summed E-state index contributed by atoms with van der Waals surface area (Å²) in [6.07, 6.45) is 5.09. The Morgan fingerprint density at radius 2 is 1.82 bits per heavy atom. The zero-order valence-corrected chi connectivity index (χ0v) is 17.3. The van der Waals surface area contributed by atoms with Crippen molar-refractivity contribution in [1.29, 1.82) is 0 Å². The van der Waals surface area contributed by atoms with Crippen molar-refractivity contribution in [3.05, 3.63) is 35.9 Å². The zero-order valence-electron chi connectivity index (χ0n) is 17.3. The van der Waals surface area contributed by atoms with Crippen LogP contribution < -0.4 is 0 Å². The fraction of sp³-hybridized carbons (Fsp3) is 0.696. The lowest BCUT2D eigenvalue weighted by Gasteiger charge is -2.39. The molecule has 0 radical (unpaired) electrons. The molecular weight excluding hydrogens is 350 g/mol. The molecular formula is C23H35N3O2. The van der Waals surface area contributed by atoms with Gasteiger partial charge in [0.1, 0.15) is 0 Å². The number of hydrogen-bond donors (Lipinski definition) is 0. The number of likely N-dealkylation sites (N-methyl/N-ethyl adjacent to an activating group) is 1. The number of carbonyl (C=O) groups is 1. The van der Waals surface area contributed by atoms with E-state index < -0.39 is 0 Å². The maximum atomic E-state index is 12.7. The third-order valence-electron chi connectivity index (χ3n) is 7.10. The van der Waals surface area contributed by atoms with Crippen LogP contribution in [0.25, 0.3) is 0 Å². The van der Waals surface area contributed by atoms with Gasteiger partial charge in [-0.3, -0.25) is 9.69 Å². The lowest BCUT2D eigenvalue weighted by molar-refractivity contribution is -0.133. The molecule has 3 fully saturated rings. The Bertz CT molecular complexity index is 637. The first-order chi connectivity index (χ1) is 13.6. The highest BCUT2D eigenvalue weighted by Gasteiger charge is 2.44. The van der Waals surface area contributed by atoms with E-state index in [2.05, 4.69) is 33.9 Å². The summed E-state index contributed by atoms with van der Waals surface area (Å²) in [6.45, 7) is 8.12. The minimum Gasteiger partial charge on any atom is -0.379 e. The number of piperidine rings is 1. The molecule has 3 saturated heterocycles. The molecule has 5 heteroatoms. The Labute approximate surface area is 169 Å². The van der Waals surface area contributed by atoms with Gasteiger partial charge in [0.2, 0.25) is 5.91 Å². The number of aryl methyl sites for hydroxylation is 1. The fourth-order valence-corrected chi connectivity index (χ4v) is 5.31. The van der Waals surface area contributed by atoms with Crippen molar-refractivity contribution in [3.8, 4) is 0 Å². The second-order valence-corrected chi connectivity index (χ2v) is 9.05. The van der Waals surface area contributed by atoms with Crippen LogP contribution in [0.5, 0.6) is 0 Å². The van der Waals surface area contributed by atoms with Crippen molar-refractivity contribution in [1.82, 2.24) is 14.7 Å². The molecule has 5 nitrogen and oxygen atoms in total. The predicted octanol–water partition coefficient (Wildman–Crippen LogP) is 2.26. The average molecular weight is 386 g/mol. The van der Waals surface area contributed by atoms with Gasteiger partial charge < -0.3 is 14.5 Å². The van der Waals surface area contributed by atoms with Gasteiger partial charge >= 0.3 is 0 Å². The normalized spacial score (nSPS) is 26.0. The van der Waals surface area contributed by atoms with E-state index >= 15 is 0 Å². The van der Waals surface area contributed by atoms with E-state index in [0.717, 1.165) is 58.7 Å². The van der Waals surface area contributed by atoms with Crippen LogP contribution in [0.15, 0.2) is 30.3 Å². The molecule has 1 amide bonds. The zero-order chi connectivity index (χ0) is 19.4. The largest absolute Gasteiger partial charge is 0.379 e. The monoisotopic (exact) mass is 385 g/mol. The molecule has 1 aromatic carbocycles. The maximum Gasteiger partial charge on any atom is 0.222 e. The number of benzene rings is 1. The first-order valence-corrected chi connectivity index (χ1v) is 11.0. The number of likely N-dealkylation sites (tertiary alicyclic amines) is 2. The topological polar surface area (TPSA) is 36.0 Å². The molecule has 0 N–H and O–H groups in total. The van der Waals surface area contributed by atoms with Crippen LogP contribution in [0, 0.1) is 5.41 Å². The molecule has 28 heavy (non-hydrogen) atoms. The molecule has 0 aromatic heterocycles. The second-order valence-electron chi connectivity index (χ2n) is 9.05. The van der Waals surface area contributed by atoms with Crippen molar-refractivity contribution in [2.45, 2.75) is 38.1 Å². The van der Waals surface area contributed by atoms with Crippen molar-refractivity contribution in [3.63, 3.8) is 0 Å². The Kier molecular flexibility index (Phi) is 6.34. The van der Waals surface area contributed by atoms with Gasteiger partial charge in [-0.25, -0.2) is 0 Å². The highest BCUT2D eigenvalue weighted by molar-refractivity contribution is 5.76. The Balaban J connectivity index is 1.24. The number of nitrogens with zero attached hydrogens (tertiary/aromatic N) is 3. The van der Waals surface area contributed by atoms with Crippen LogP contribution in [-0.2, 0) is 16.0 Å². The van der Waals surface area contributed by atoms with Crippen LogP contribution in [0.1, 0.15) is 31.2 Å². The van der Waals surface area contributed by atoms with Gasteiger partial charge in [0, 0.05) is 51.7 Å². The molecule has 1 atom stereocenters. The van der Waals surface area contributed by atoms with E-state index in [9.17, 15) is 4.79 Å². The lowest BCUT2D eigenvalue weighted by Crippen LogP contribution is -2.44. The van der Waals surface area contributed by atoms with E-state index in [1.165, 1.54) is 25.1 Å². The summed E-state index contributed by atoms with van der Waals surface area (Å²) in [5.74, 6) is 0.329. The molecule has 154 valence electrons. The highest BCUT2D eigenvalue weighted by atomic mass is 16.5. The number of rotatable bonds is 5. The van der Waals surface area contributed by atoms with Gasteiger partial charge in [-0.2, -0.15) is 0 Å². The van der Waals surface area contributed by atoms with Gasteiger partial charge in [0.05, 0.1) is 13.2 Å². The summed E-state index contributed by atoms with van der Waals surface area (Å²) in [7, 11) is 2.29. The van der Waals surface area contributed by atoms with Crippen molar-refractivity contribution >= 4 is 5.91 Å². The Morgan fingerprint density at radius 1 is 1.11 bits per heavy atom. The minimum atomic E-state index is 0.329. The fourth-order valence-electron chi connectivity index (χ4n) is 5.31. The molecule has 1 spiro atoms. The molecule has 1 unspecified atom stereocenters. The maximum absolute atomic E-state index is 12.7. The van der Waals surface area contributed by atoms with E-state index in [4.69, 9.17) is 4.74 Å². The molecule has 4 rings (SSSR count). The van der Waals surface area contributed by atoms with E-state index in [-0.39, 0.29) is 0 Å². The molecule has 1 aromatic rings. The summed E-state index contributed by atoms with van der Waals surface area (Å²) in [4.78, 5) is 19.9. The van der Waals surface area contributed by atoms with Gasteiger partial charge in [0.25, 0.3) is 0 Å². The number of ether oxygens (including phenoxy) is 1. The third kappa shape index (κ3) is 4.76. The first-order valence-electron chi connectivity index (χ1n) is 11.0. The van der Waals surface area contributed by atoms with Crippen molar-refractivity contribution < 1.29 is 9.53 Å². The molecule has 0 aliphatic carbocycles. The number of carbonyl (C=O) groups excluding carboxylic acids is 1. The number of hydrogen-bond acceptors (Lipinski definition) is 4.